The molecule has 2 heterocycles. The van der Waals surface area contributed by atoms with Gasteiger partial charge in [0, 0.05) is 11.1 Å². The van der Waals surface area contributed by atoms with Crippen molar-refractivity contribution in [1.29, 1.82) is 0 Å². The third-order valence-electron chi connectivity index (χ3n) is 8.53. The van der Waals surface area contributed by atoms with E-state index >= 15 is 0 Å². The van der Waals surface area contributed by atoms with E-state index in [0.29, 0.717) is 36.4 Å². The Morgan fingerprint density at radius 3 is 1.38 bits per heavy atom. The van der Waals surface area contributed by atoms with Gasteiger partial charge in [-0.2, -0.15) is 0 Å². The molecule has 22 heteroatoms. The molecule has 6 rings (SSSR count). The summed E-state index contributed by atoms with van der Waals surface area (Å²) in [6.07, 6.45) is -11.2. The largest absolute Gasteiger partial charge is 0.504 e. The third kappa shape index (κ3) is 6.45. The number of phenols is 12. The summed E-state index contributed by atoms with van der Waals surface area (Å²) in [4.78, 5) is 54.3. The summed E-state index contributed by atoms with van der Waals surface area (Å²) >= 11 is 0. The van der Waals surface area contributed by atoms with E-state index in [1.165, 1.54) is 0 Å². The summed E-state index contributed by atoms with van der Waals surface area (Å²) in [5, 5.41) is 133. The van der Waals surface area contributed by atoms with Crippen molar-refractivity contribution in [2.45, 2.75) is 30.7 Å². The van der Waals surface area contributed by atoms with Gasteiger partial charge in [-0.05, 0) is 36.4 Å². The monoisotopic (exact) mass is 786 g/mol. The molecule has 1 saturated heterocycles. The molecule has 5 atom stereocenters. The molecule has 4 aromatic rings. The molecule has 4 aromatic carbocycles. The highest BCUT2D eigenvalue weighted by molar-refractivity contribution is 6.08. The van der Waals surface area contributed by atoms with Gasteiger partial charge < -0.3 is 90.1 Å². The van der Waals surface area contributed by atoms with Gasteiger partial charge in [-0.1, -0.05) is 0 Å². The highest BCUT2D eigenvalue weighted by Gasteiger charge is 2.53. The Hall–Kier alpha value is -7.72. The second-order valence-corrected chi connectivity index (χ2v) is 12.0. The van der Waals surface area contributed by atoms with Gasteiger partial charge in [0.2, 0.25) is 11.5 Å². The number of hydrogen-bond donors (Lipinski definition) is 13. The molecule has 2 aliphatic heterocycles. The van der Waals surface area contributed by atoms with Crippen LogP contribution in [0.15, 0.2) is 36.4 Å². The molecular formula is C34H26O22. The highest BCUT2D eigenvalue weighted by atomic mass is 16.7. The maximum atomic E-state index is 14.0. The average molecular weight is 787 g/mol. The molecule has 22 nitrogen and oxygen atoms in total. The van der Waals surface area contributed by atoms with Crippen LogP contribution in [-0.4, -0.2) is 128 Å². The Kier molecular flexibility index (Phi) is 9.45. The molecule has 0 radical (unpaired) electrons. The second kappa shape index (κ2) is 13.9. The maximum Gasteiger partial charge on any atom is 0.339 e. The first kappa shape index (κ1) is 38.0. The second-order valence-electron chi connectivity index (χ2n) is 12.0. The molecule has 0 spiro atoms. The zero-order valence-electron chi connectivity index (χ0n) is 27.5. The van der Waals surface area contributed by atoms with Gasteiger partial charge in [-0.3, -0.25) is 0 Å². The lowest BCUT2D eigenvalue weighted by molar-refractivity contribution is -0.284. The number of benzene rings is 4. The molecule has 56 heavy (non-hydrogen) atoms. The number of cyclic esters (lactones) is 1. The number of fused-ring (bicyclic) bond motifs is 4. The van der Waals surface area contributed by atoms with E-state index in [9.17, 15) is 85.6 Å². The Balaban J connectivity index is 1.51. The zero-order chi connectivity index (χ0) is 41.1. The standard InChI is InChI=1S/C34H26O22/c35-12-1-8(2-13(36)21(12)41)30(47)55-28-27-18(53-34(51)29(28)56-31(48)9-3-14(37)22(42)15(38)4-9)7-52-32(49)10-5-16(39)23(43)25(45)19(10)20-11(33(50)54-27)6-17(40)24(44)26(20)46/h1-6,18,27-29,34-46,51H,7H2/t18-,27-,28+,29-,34?/m1/s1. The smallest absolute Gasteiger partial charge is 0.339 e. The summed E-state index contributed by atoms with van der Waals surface area (Å²) < 4.78 is 27.0. The van der Waals surface area contributed by atoms with Gasteiger partial charge in [0.25, 0.3) is 0 Å². The third-order valence-corrected chi connectivity index (χ3v) is 8.53. The molecular weight excluding hydrogens is 760 g/mol. The SMILES string of the molecule is O=C(O[C@H]1[C@@H]2OC(=O)c3cc(O)c(O)c(O)c3-c3c(cc(O)c(O)c3O)C(=O)OC[C@H]2OC(O)[C@@H]1OC(=O)c1cc(O)c(O)c(O)c1)c1cc(O)c(O)c(O)c1. The van der Waals surface area contributed by atoms with Gasteiger partial charge in [0.05, 0.1) is 22.3 Å². The van der Waals surface area contributed by atoms with E-state index in [1.54, 1.807) is 0 Å². The number of carbonyl (C=O) groups excluding carboxylic acids is 4. The Bertz CT molecular complexity index is 2290. The first-order valence-corrected chi connectivity index (χ1v) is 15.5. The molecule has 0 saturated carbocycles. The van der Waals surface area contributed by atoms with Gasteiger partial charge in [0.1, 0.15) is 12.7 Å². The Morgan fingerprint density at radius 2 is 0.929 bits per heavy atom. The zero-order valence-corrected chi connectivity index (χ0v) is 27.5. The van der Waals surface area contributed by atoms with Gasteiger partial charge >= 0.3 is 23.9 Å². The topological polar surface area (TPSA) is 377 Å². The normalized spacial score (nSPS) is 20.6. The van der Waals surface area contributed by atoms with Crippen LogP contribution in [0.3, 0.4) is 0 Å². The predicted octanol–water partition coefficient (Wildman–Crippen LogP) is 0.685. The fourth-order valence-electron chi connectivity index (χ4n) is 5.80. The number of carbonyl (C=O) groups is 4. The Labute approximate surface area is 309 Å². The molecule has 0 aliphatic carbocycles. The van der Waals surface area contributed by atoms with E-state index in [0.717, 1.165) is 0 Å². The van der Waals surface area contributed by atoms with Gasteiger partial charge in [-0.25, -0.2) is 19.2 Å². The van der Waals surface area contributed by atoms with Gasteiger partial charge in [0.15, 0.2) is 82.1 Å². The number of phenolic OH excluding ortho intramolecular Hbond substituents is 12. The summed E-state index contributed by atoms with van der Waals surface area (Å²) in [7, 11) is 0. The lowest BCUT2D eigenvalue weighted by atomic mass is 9.92. The van der Waals surface area contributed by atoms with Crippen LogP contribution in [0.25, 0.3) is 11.1 Å². The number of hydrogen-bond acceptors (Lipinski definition) is 22. The van der Waals surface area contributed by atoms with Crippen LogP contribution in [0.5, 0.6) is 69.0 Å². The number of ether oxygens (including phenoxy) is 5. The molecule has 0 bridgehead atoms. The van der Waals surface area contributed by atoms with Crippen molar-refractivity contribution in [3.8, 4) is 80.1 Å². The van der Waals surface area contributed by atoms with Crippen molar-refractivity contribution < 1.29 is 109 Å². The van der Waals surface area contributed by atoms with Crippen LogP contribution in [0, 0.1) is 0 Å². The number of aliphatic hydroxyl groups excluding tert-OH is 1. The molecule has 0 amide bonds. The van der Waals surface area contributed by atoms with Crippen molar-refractivity contribution >= 4 is 23.9 Å². The van der Waals surface area contributed by atoms with Crippen LogP contribution in [0.2, 0.25) is 0 Å². The maximum absolute atomic E-state index is 14.0. The Morgan fingerprint density at radius 1 is 0.536 bits per heavy atom. The van der Waals surface area contributed by atoms with Crippen molar-refractivity contribution in [3.05, 3.63) is 58.7 Å². The van der Waals surface area contributed by atoms with E-state index < -0.39 is 164 Å². The number of esters is 4. The van der Waals surface area contributed by atoms with Crippen LogP contribution in [-0.2, 0) is 23.7 Å². The molecule has 0 aromatic heterocycles. The predicted molar refractivity (Wildman–Crippen MR) is 174 cm³/mol. The lowest BCUT2D eigenvalue weighted by Gasteiger charge is -2.42. The van der Waals surface area contributed by atoms with Crippen LogP contribution < -0.4 is 0 Å². The summed E-state index contributed by atoms with van der Waals surface area (Å²) in [6.45, 7) is -1.09. The van der Waals surface area contributed by atoms with Crippen molar-refractivity contribution in [1.82, 2.24) is 0 Å². The number of aromatic hydroxyl groups is 12. The van der Waals surface area contributed by atoms with E-state index in [2.05, 4.69) is 0 Å². The van der Waals surface area contributed by atoms with Crippen LogP contribution in [0.4, 0.5) is 0 Å². The fraction of sp³-hybridized carbons (Fsp3) is 0.176. The van der Waals surface area contributed by atoms with Crippen molar-refractivity contribution in [3.63, 3.8) is 0 Å². The summed E-state index contributed by atoms with van der Waals surface area (Å²) in [5.74, 6) is -20.2. The minimum absolute atomic E-state index is 0.459. The van der Waals surface area contributed by atoms with E-state index in [-0.39, 0.29) is 0 Å². The lowest BCUT2D eigenvalue weighted by Crippen LogP contribution is -2.62. The minimum atomic E-state index is -2.42. The molecule has 13 N–H and O–H groups in total. The fourth-order valence-corrected chi connectivity index (χ4v) is 5.80. The molecule has 1 fully saturated rings. The van der Waals surface area contributed by atoms with Crippen molar-refractivity contribution in [2.24, 2.45) is 0 Å². The highest BCUT2D eigenvalue weighted by Crippen LogP contribution is 2.53. The van der Waals surface area contributed by atoms with Crippen LogP contribution >= 0.6 is 0 Å². The van der Waals surface area contributed by atoms with E-state index in [4.69, 9.17) is 23.7 Å². The van der Waals surface area contributed by atoms with E-state index in [1.807, 2.05) is 0 Å². The van der Waals surface area contributed by atoms with Gasteiger partial charge in [-0.15, -0.1) is 0 Å². The first-order chi connectivity index (χ1) is 26.3. The average Bonchev–Trinajstić information content (AvgIpc) is 3.16. The quantitative estimate of drug-likeness (QED) is 0.0768. The minimum Gasteiger partial charge on any atom is -0.504 e. The molecule has 294 valence electrons. The first-order valence-electron chi connectivity index (χ1n) is 15.5. The number of aliphatic hydroxyl groups is 1. The van der Waals surface area contributed by atoms with Crippen molar-refractivity contribution in [2.75, 3.05) is 6.61 Å². The number of rotatable bonds is 4. The summed E-state index contributed by atoms with van der Waals surface area (Å²) in [5.41, 5.74) is -5.28. The summed E-state index contributed by atoms with van der Waals surface area (Å²) in [6, 6.07) is 3.41. The molecule has 2 aliphatic rings. The molecule has 1 unspecified atom stereocenters. The van der Waals surface area contributed by atoms with Crippen LogP contribution in [0.1, 0.15) is 41.4 Å².